The van der Waals surface area contributed by atoms with Gasteiger partial charge in [-0.1, -0.05) is 42.0 Å². The van der Waals surface area contributed by atoms with Crippen molar-refractivity contribution in [1.29, 1.82) is 0 Å². The fourth-order valence-electron chi connectivity index (χ4n) is 3.40. The molecule has 2 aliphatic rings. The standard InChI is InChI=1S/C19H17NO3/c1-12-4-2-5-13(8-12)14-6-3-7-15(9-14)18(21)20-11-16-10-17(20)19(22)23-16/h2-9,16-17H,10-11H2,1H3. The van der Waals surface area contributed by atoms with Crippen molar-refractivity contribution < 1.29 is 14.3 Å². The number of aryl methyl sites for hydroxylation is 1. The van der Waals surface area contributed by atoms with Gasteiger partial charge in [0.15, 0.2) is 0 Å². The smallest absolute Gasteiger partial charge is 0.329 e. The van der Waals surface area contributed by atoms with E-state index < -0.39 is 6.04 Å². The highest BCUT2D eigenvalue weighted by Crippen LogP contribution is 2.31. The van der Waals surface area contributed by atoms with E-state index in [1.165, 1.54) is 5.56 Å². The minimum Gasteiger partial charge on any atom is -0.459 e. The number of rotatable bonds is 2. The first kappa shape index (κ1) is 14.0. The van der Waals surface area contributed by atoms with Crippen molar-refractivity contribution >= 4 is 11.9 Å². The Morgan fingerprint density at radius 3 is 2.57 bits per heavy atom. The largest absolute Gasteiger partial charge is 0.459 e. The van der Waals surface area contributed by atoms with Gasteiger partial charge in [0.2, 0.25) is 0 Å². The van der Waals surface area contributed by atoms with Crippen molar-refractivity contribution in [2.24, 2.45) is 0 Å². The number of amides is 1. The fourth-order valence-corrected chi connectivity index (χ4v) is 3.40. The van der Waals surface area contributed by atoms with Gasteiger partial charge < -0.3 is 9.64 Å². The Morgan fingerprint density at radius 2 is 1.87 bits per heavy atom. The van der Waals surface area contributed by atoms with E-state index in [9.17, 15) is 9.59 Å². The molecule has 2 saturated heterocycles. The van der Waals surface area contributed by atoms with Crippen LogP contribution in [0, 0.1) is 6.92 Å². The Kier molecular flexibility index (Phi) is 3.18. The molecule has 2 aliphatic heterocycles. The van der Waals surface area contributed by atoms with Crippen molar-refractivity contribution in [2.75, 3.05) is 6.54 Å². The molecule has 0 saturated carbocycles. The van der Waals surface area contributed by atoms with Crippen molar-refractivity contribution in [3.63, 3.8) is 0 Å². The molecule has 2 unspecified atom stereocenters. The van der Waals surface area contributed by atoms with Crippen LogP contribution in [0.2, 0.25) is 0 Å². The number of hydrogen-bond donors (Lipinski definition) is 0. The number of esters is 1. The molecule has 0 spiro atoms. The average molecular weight is 307 g/mol. The number of morpholine rings is 1. The number of nitrogens with zero attached hydrogens (tertiary/aromatic N) is 1. The minimum atomic E-state index is -0.407. The molecule has 23 heavy (non-hydrogen) atoms. The van der Waals surface area contributed by atoms with Crippen molar-refractivity contribution in [3.8, 4) is 11.1 Å². The summed E-state index contributed by atoms with van der Waals surface area (Å²) in [6, 6.07) is 15.4. The van der Waals surface area contributed by atoms with Crippen LogP contribution in [0.25, 0.3) is 11.1 Å². The zero-order chi connectivity index (χ0) is 16.0. The lowest BCUT2D eigenvalue weighted by molar-refractivity contribution is -0.149. The van der Waals surface area contributed by atoms with E-state index in [2.05, 4.69) is 6.07 Å². The third-order valence-electron chi connectivity index (χ3n) is 4.54. The third kappa shape index (κ3) is 2.40. The molecular formula is C19H17NO3. The second-order valence-corrected chi connectivity index (χ2v) is 6.22. The van der Waals surface area contributed by atoms with Gasteiger partial charge in [0.05, 0.1) is 6.54 Å². The predicted molar refractivity (Wildman–Crippen MR) is 85.9 cm³/mol. The van der Waals surface area contributed by atoms with E-state index in [4.69, 9.17) is 4.74 Å². The Hall–Kier alpha value is -2.62. The summed E-state index contributed by atoms with van der Waals surface area (Å²) in [5, 5.41) is 0. The fraction of sp³-hybridized carbons (Fsp3) is 0.263. The van der Waals surface area contributed by atoms with Crippen LogP contribution in [0.15, 0.2) is 48.5 Å². The second-order valence-electron chi connectivity index (χ2n) is 6.22. The molecule has 2 atom stereocenters. The van der Waals surface area contributed by atoms with Crippen molar-refractivity contribution in [1.82, 2.24) is 4.90 Å². The number of fused-ring (bicyclic) bond motifs is 2. The van der Waals surface area contributed by atoms with Gasteiger partial charge in [0.1, 0.15) is 12.1 Å². The maximum Gasteiger partial charge on any atom is 0.329 e. The lowest BCUT2D eigenvalue weighted by Crippen LogP contribution is -2.44. The van der Waals surface area contributed by atoms with Gasteiger partial charge in [-0.05, 0) is 30.2 Å². The molecule has 0 aliphatic carbocycles. The molecule has 2 aromatic rings. The topological polar surface area (TPSA) is 46.6 Å². The summed E-state index contributed by atoms with van der Waals surface area (Å²) in [7, 11) is 0. The molecule has 2 heterocycles. The van der Waals surface area contributed by atoms with E-state index in [0.717, 1.165) is 11.1 Å². The zero-order valence-corrected chi connectivity index (χ0v) is 12.9. The molecule has 4 heteroatoms. The normalized spacial score (nSPS) is 22.3. The van der Waals surface area contributed by atoms with Gasteiger partial charge in [0, 0.05) is 12.0 Å². The van der Waals surface area contributed by atoms with Gasteiger partial charge in [-0.25, -0.2) is 4.79 Å². The molecule has 2 fully saturated rings. The number of carbonyl (C=O) groups is 2. The van der Waals surface area contributed by atoms with Gasteiger partial charge >= 0.3 is 5.97 Å². The summed E-state index contributed by atoms with van der Waals surface area (Å²) >= 11 is 0. The highest BCUT2D eigenvalue weighted by molar-refractivity contribution is 5.99. The molecular weight excluding hydrogens is 290 g/mol. The van der Waals surface area contributed by atoms with E-state index >= 15 is 0 Å². The number of ether oxygens (including phenoxy) is 1. The Labute approximate surface area is 134 Å². The highest BCUT2D eigenvalue weighted by atomic mass is 16.6. The van der Waals surface area contributed by atoms with E-state index in [1.54, 1.807) is 11.0 Å². The maximum absolute atomic E-state index is 12.8. The first-order valence-electron chi connectivity index (χ1n) is 7.80. The molecule has 0 N–H and O–H groups in total. The van der Waals surface area contributed by atoms with E-state index in [1.807, 2.05) is 43.3 Å². The van der Waals surface area contributed by atoms with Crippen LogP contribution in [0.5, 0.6) is 0 Å². The number of benzene rings is 2. The number of carbonyl (C=O) groups excluding carboxylic acids is 2. The summed E-state index contributed by atoms with van der Waals surface area (Å²) < 4.78 is 5.15. The monoisotopic (exact) mass is 307 g/mol. The van der Waals surface area contributed by atoms with Gasteiger partial charge in [-0.2, -0.15) is 0 Å². The molecule has 0 aromatic heterocycles. The Balaban J connectivity index is 1.64. The molecule has 4 nitrogen and oxygen atoms in total. The summed E-state index contributed by atoms with van der Waals surface area (Å²) in [6.07, 6.45) is 0.499. The molecule has 116 valence electrons. The predicted octanol–water partition coefficient (Wildman–Crippen LogP) is 2.80. The van der Waals surface area contributed by atoms with Gasteiger partial charge in [-0.15, -0.1) is 0 Å². The summed E-state index contributed by atoms with van der Waals surface area (Å²) in [6.45, 7) is 2.55. The lowest BCUT2D eigenvalue weighted by atomic mass is 10.0. The molecule has 4 rings (SSSR count). The summed E-state index contributed by atoms with van der Waals surface area (Å²) in [5.74, 6) is -0.368. The maximum atomic E-state index is 12.8. The quantitative estimate of drug-likeness (QED) is 0.802. The van der Waals surface area contributed by atoms with Gasteiger partial charge in [-0.3, -0.25) is 4.79 Å². The summed E-state index contributed by atoms with van der Waals surface area (Å²) in [4.78, 5) is 26.1. The molecule has 2 bridgehead atoms. The van der Waals surface area contributed by atoms with Crippen molar-refractivity contribution in [3.05, 3.63) is 59.7 Å². The second kappa shape index (κ2) is 5.23. The first-order valence-corrected chi connectivity index (χ1v) is 7.80. The van der Waals surface area contributed by atoms with Crippen LogP contribution in [-0.4, -0.2) is 35.5 Å². The molecule has 0 radical (unpaired) electrons. The zero-order valence-electron chi connectivity index (χ0n) is 12.9. The van der Waals surface area contributed by atoms with E-state index in [0.29, 0.717) is 18.5 Å². The number of likely N-dealkylation sites (tertiary alicyclic amines) is 1. The van der Waals surface area contributed by atoms with Crippen LogP contribution in [-0.2, 0) is 9.53 Å². The number of hydrogen-bond acceptors (Lipinski definition) is 3. The van der Waals surface area contributed by atoms with Crippen LogP contribution in [0.3, 0.4) is 0 Å². The van der Waals surface area contributed by atoms with Crippen LogP contribution < -0.4 is 0 Å². The Bertz CT molecular complexity index is 799. The lowest BCUT2D eigenvalue weighted by Gasteiger charge is -2.25. The Morgan fingerprint density at radius 1 is 1.13 bits per heavy atom. The molecule has 2 aromatic carbocycles. The van der Waals surface area contributed by atoms with Crippen molar-refractivity contribution in [2.45, 2.75) is 25.5 Å². The third-order valence-corrected chi connectivity index (χ3v) is 4.54. The average Bonchev–Trinajstić information content (AvgIpc) is 3.13. The van der Waals surface area contributed by atoms with E-state index in [-0.39, 0.29) is 18.0 Å². The van der Waals surface area contributed by atoms with Crippen LogP contribution >= 0.6 is 0 Å². The van der Waals surface area contributed by atoms with Crippen LogP contribution in [0.1, 0.15) is 22.3 Å². The summed E-state index contributed by atoms with van der Waals surface area (Å²) in [5.41, 5.74) is 3.89. The SMILES string of the molecule is Cc1cccc(-c2cccc(C(=O)N3CC4CC3C(=O)O4)c2)c1. The highest BCUT2D eigenvalue weighted by Gasteiger charge is 2.48. The van der Waals surface area contributed by atoms with Gasteiger partial charge in [0.25, 0.3) is 5.91 Å². The first-order chi connectivity index (χ1) is 11.1. The molecule has 1 amide bonds. The minimum absolute atomic E-state index is 0.0938. The van der Waals surface area contributed by atoms with Crippen LogP contribution in [0.4, 0.5) is 0 Å².